The maximum absolute atomic E-state index is 14.0. The Kier molecular flexibility index (Phi) is 3.62. The number of nitrogens with two attached hydrogens (primary N) is 1. The summed E-state index contributed by atoms with van der Waals surface area (Å²) in [4.78, 5) is 17.4. The van der Waals surface area contributed by atoms with Crippen molar-refractivity contribution in [1.82, 2.24) is 9.97 Å². The maximum Gasteiger partial charge on any atom is 0.305 e. The third kappa shape index (κ3) is 2.31. The van der Waals surface area contributed by atoms with Crippen molar-refractivity contribution in [2.24, 2.45) is 0 Å². The number of nitro groups is 1. The number of halogens is 3. The normalized spacial score (nSPS) is 10.6. The van der Waals surface area contributed by atoms with Crippen molar-refractivity contribution in [3.63, 3.8) is 0 Å². The molecule has 0 bridgehead atoms. The third-order valence-electron chi connectivity index (χ3n) is 2.53. The molecule has 9 heteroatoms. The predicted octanol–water partition coefficient (Wildman–Crippen LogP) is 2.98. The number of hydrogen-bond donors (Lipinski definition) is 1. The molecule has 20 heavy (non-hydrogen) atoms. The smallest absolute Gasteiger partial charge is 0.305 e. The van der Waals surface area contributed by atoms with E-state index in [0.29, 0.717) is 10.2 Å². The summed E-state index contributed by atoms with van der Waals surface area (Å²) in [6.45, 7) is 1.55. The molecule has 0 unspecified atom stereocenters. The van der Waals surface area contributed by atoms with Crippen molar-refractivity contribution in [1.29, 1.82) is 0 Å². The Hall–Kier alpha value is -2.16. The van der Waals surface area contributed by atoms with Gasteiger partial charge in [0.05, 0.1) is 20.7 Å². The van der Waals surface area contributed by atoms with Crippen LogP contribution in [0.15, 0.2) is 16.6 Å². The topological polar surface area (TPSA) is 94.9 Å². The van der Waals surface area contributed by atoms with Gasteiger partial charge in [-0.25, -0.2) is 14.4 Å². The molecule has 0 atom stereocenters. The van der Waals surface area contributed by atoms with Crippen LogP contribution in [0, 0.1) is 28.7 Å². The number of aryl methyl sites for hydroxylation is 1. The molecule has 0 amide bonds. The van der Waals surface area contributed by atoms with Crippen LogP contribution in [0.4, 0.5) is 20.3 Å². The Balaban J connectivity index is 2.76. The van der Waals surface area contributed by atoms with Gasteiger partial charge >= 0.3 is 5.69 Å². The van der Waals surface area contributed by atoms with Crippen LogP contribution in [0.1, 0.15) is 5.69 Å². The van der Waals surface area contributed by atoms with Crippen LogP contribution in [-0.4, -0.2) is 14.9 Å². The molecule has 0 saturated heterocycles. The van der Waals surface area contributed by atoms with Gasteiger partial charge in [-0.1, -0.05) is 0 Å². The lowest BCUT2D eigenvalue weighted by Gasteiger charge is -2.07. The Morgan fingerprint density at radius 3 is 2.55 bits per heavy atom. The Labute approximate surface area is 119 Å². The first-order valence-corrected chi connectivity index (χ1v) is 6.04. The highest BCUT2D eigenvalue weighted by Gasteiger charge is 2.25. The number of rotatable bonds is 2. The van der Waals surface area contributed by atoms with Crippen molar-refractivity contribution in [2.75, 3.05) is 5.73 Å². The van der Waals surface area contributed by atoms with Gasteiger partial charge in [0.25, 0.3) is 0 Å². The second-order valence-electron chi connectivity index (χ2n) is 3.84. The molecule has 0 radical (unpaired) electrons. The van der Waals surface area contributed by atoms with Crippen LogP contribution < -0.4 is 5.73 Å². The van der Waals surface area contributed by atoms with Crippen LogP contribution in [0.25, 0.3) is 11.4 Å². The molecule has 2 rings (SSSR count). The molecule has 0 aliphatic heterocycles. The zero-order valence-corrected chi connectivity index (χ0v) is 11.6. The van der Waals surface area contributed by atoms with Crippen molar-refractivity contribution < 1.29 is 13.7 Å². The molecule has 104 valence electrons. The van der Waals surface area contributed by atoms with E-state index < -0.39 is 27.8 Å². The SMILES string of the molecule is Cc1nc(-c2c(F)ccc([N+](=O)[O-])c2F)nc(N)c1Br. The van der Waals surface area contributed by atoms with Crippen LogP contribution in [0.3, 0.4) is 0 Å². The number of aromatic nitrogens is 2. The van der Waals surface area contributed by atoms with E-state index in [2.05, 4.69) is 25.9 Å². The van der Waals surface area contributed by atoms with E-state index in [4.69, 9.17) is 5.73 Å². The van der Waals surface area contributed by atoms with Crippen LogP contribution in [0.2, 0.25) is 0 Å². The van der Waals surface area contributed by atoms with E-state index >= 15 is 0 Å². The van der Waals surface area contributed by atoms with E-state index in [1.54, 1.807) is 6.92 Å². The number of nitro benzene ring substituents is 1. The van der Waals surface area contributed by atoms with E-state index in [-0.39, 0.29) is 11.6 Å². The lowest BCUT2D eigenvalue weighted by Crippen LogP contribution is -2.04. The molecule has 1 aromatic heterocycles. The van der Waals surface area contributed by atoms with Gasteiger partial charge in [0.2, 0.25) is 5.82 Å². The molecular weight excluding hydrogens is 338 g/mol. The summed E-state index contributed by atoms with van der Waals surface area (Å²) in [7, 11) is 0. The van der Waals surface area contributed by atoms with Gasteiger partial charge in [-0.2, -0.15) is 4.39 Å². The van der Waals surface area contributed by atoms with E-state index in [1.165, 1.54) is 0 Å². The van der Waals surface area contributed by atoms with Crippen molar-refractivity contribution in [3.05, 3.63) is 44.0 Å². The number of anilines is 1. The minimum absolute atomic E-state index is 0.0159. The lowest BCUT2D eigenvalue weighted by atomic mass is 10.1. The molecular formula is C11H7BrF2N4O2. The predicted molar refractivity (Wildman–Crippen MR) is 70.9 cm³/mol. The summed E-state index contributed by atoms with van der Waals surface area (Å²) in [5.41, 5.74) is 4.40. The van der Waals surface area contributed by atoms with Gasteiger partial charge < -0.3 is 5.73 Å². The first-order chi connectivity index (χ1) is 9.32. The number of hydrogen-bond acceptors (Lipinski definition) is 5. The minimum Gasteiger partial charge on any atom is -0.383 e. The molecule has 6 nitrogen and oxygen atoms in total. The van der Waals surface area contributed by atoms with Gasteiger partial charge in [-0.3, -0.25) is 10.1 Å². The largest absolute Gasteiger partial charge is 0.383 e. The Morgan fingerprint density at radius 2 is 2.00 bits per heavy atom. The third-order valence-corrected chi connectivity index (χ3v) is 3.51. The van der Waals surface area contributed by atoms with Gasteiger partial charge in [-0.15, -0.1) is 0 Å². The van der Waals surface area contributed by atoms with Crippen molar-refractivity contribution in [2.45, 2.75) is 6.92 Å². The summed E-state index contributed by atoms with van der Waals surface area (Å²) >= 11 is 3.11. The molecule has 1 heterocycles. The fourth-order valence-electron chi connectivity index (χ4n) is 1.58. The summed E-state index contributed by atoms with van der Waals surface area (Å²) in [5, 5.41) is 10.7. The Morgan fingerprint density at radius 1 is 1.35 bits per heavy atom. The molecule has 0 saturated carbocycles. The van der Waals surface area contributed by atoms with Gasteiger partial charge in [0, 0.05) is 6.07 Å². The molecule has 0 aliphatic rings. The van der Waals surface area contributed by atoms with E-state index in [9.17, 15) is 18.9 Å². The van der Waals surface area contributed by atoms with Crippen LogP contribution >= 0.6 is 15.9 Å². The Bertz CT molecular complexity index is 701. The zero-order valence-electron chi connectivity index (χ0n) is 10.0. The first kappa shape index (κ1) is 14.3. The molecule has 0 aliphatic carbocycles. The second kappa shape index (κ2) is 5.08. The summed E-state index contributed by atoms with van der Waals surface area (Å²) in [6, 6.07) is 1.52. The average Bonchev–Trinajstić information content (AvgIpc) is 2.35. The molecule has 2 N–H and O–H groups in total. The van der Waals surface area contributed by atoms with Gasteiger partial charge in [-0.05, 0) is 28.9 Å². The summed E-state index contributed by atoms with van der Waals surface area (Å²) in [6.07, 6.45) is 0. The lowest BCUT2D eigenvalue weighted by molar-refractivity contribution is -0.387. The highest BCUT2D eigenvalue weighted by atomic mass is 79.9. The summed E-state index contributed by atoms with van der Waals surface area (Å²) < 4.78 is 28.2. The van der Waals surface area contributed by atoms with E-state index in [1.807, 2.05) is 0 Å². The highest BCUT2D eigenvalue weighted by molar-refractivity contribution is 9.10. The van der Waals surface area contributed by atoms with Crippen LogP contribution in [-0.2, 0) is 0 Å². The quantitative estimate of drug-likeness (QED) is 0.667. The fraction of sp³-hybridized carbons (Fsp3) is 0.0909. The van der Waals surface area contributed by atoms with Gasteiger partial charge in [0.1, 0.15) is 11.6 Å². The van der Waals surface area contributed by atoms with Crippen molar-refractivity contribution >= 4 is 27.4 Å². The van der Waals surface area contributed by atoms with E-state index in [0.717, 1.165) is 12.1 Å². The molecule has 2 aromatic rings. The average molecular weight is 345 g/mol. The monoisotopic (exact) mass is 344 g/mol. The second-order valence-corrected chi connectivity index (χ2v) is 4.64. The van der Waals surface area contributed by atoms with Crippen molar-refractivity contribution in [3.8, 4) is 11.4 Å². The fourth-order valence-corrected chi connectivity index (χ4v) is 1.76. The first-order valence-electron chi connectivity index (χ1n) is 5.25. The maximum atomic E-state index is 14.0. The summed E-state index contributed by atoms with van der Waals surface area (Å²) in [5.74, 6) is -2.70. The molecule has 0 fully saturated rings. The number of benzene rings is 1. The molecule has 1 aromatic carbocycles. The standard InChI is InChI=1S/C11H7BrF2N4O2/c1-4-8(12)10(15)17-11(16-4)7-5(13)2-3-6(9(7)14)18(19)20/h2-3H,1H3,(H2,15,16,17). The highest BCUT2D eigenvalue weighted by Crippen LogP contribution is 2.31. The zero-order chi connectivity index (χ0) is 15.0. The van der Waals surface area contributed by atoms with Crippen LogP contribution in [0.5, 0.6) is 0 Å². The number of nitrogen functional groups attached to an aromatic ring is 1. The van der Waals surface area contributed by atoms with Gasteiger partial charge in [0.15, 0.2) is 5.82 Å². The number of nitrogens with zero attached hydrogens (tertiary/aromatic N) is 3. The minimum atomic E-state index is -1.34. The molecule has 0 spiro atoms.